The number of carboxylic acids is 1. The minimum absolute atomic E-state index is 0.0493. The van der Waals surface area contributed by atoms with Crippen molar-refractivity contribution in [2.45, 2.75) is 24.9 Å². The first kappa shape index (κ1) is 24.4. The lowest BCUT2D eigenvalue weighted by atomic mass is 9.87. The molecule has 2 aliphatic heterocycles. The minimum Gasteiger partial charge on any atom is -0.481 e. The number of aromatic nitrogens is 7. The zero-order valence-corrected chi connectivity index (χ0v) is 21.6. The third kappa shape index (κ3) is 3.98. The molecule has 1 saturated heterocycles. The standard InChI is InChI=1S/C24H17BrClFN8O3/c25-14-8-28-4-3-12(14)16-9-29-23(31-16)19-7-13(24(37)38)18-5-11(6-20(36)35(18)19)21-17(34-10-30-32-33-34)2-1-15(26)22(21)27/h1-4,6,8-10,13,18-19H,5,7H2,(H,29,31)(H,37,38)/t13?,18?,19-/m0/s1. The van der Waals surface area contributed by atoms with E-state index in [-0.39, 0.29) is 29.1 Å². The predicted molar refractivity (Wildman–Crippen MR) is 135 cm³/mol. The summed E-state index contributed by atoms with van der Waals surface area (Å²) in [6.45, 7) is 0. The average molecular weight is 600 g/mol. The Bertz CT molecular complexity index is 1610. The molecule has 14 heteroatoms. The van der Waals surface area contributed by atoms with Crippen molar-refractivity contribution < 1.29 is 19.1 Å². The summed E-state index contributed by atoms with van der Waals surface area (Å²) in [5.41, 5.74) is 2.16. The van der Waals surface area contributed by atoms with Gasteiger partial charge in [-0.1, -0.05) is 11.6 Å². The first-order valence-corrected chi connectivity index (χ1v) is 12.6. The van der Waals surface area contributed by atoms with E-state index < -0.39 is 35.7 Å². The van der Waals surface area contributed by atoms with Gasteiger partial charge in [-0.05, 0) is 63.0 Å². The van der Waals surface area contributed by atoms with E-state index in [4.69, 9.17) is 11.6 Å². The zero-order valence-electron chi connectivity index (χ0n) is 19.3. The van der Waals surface area contributed by atoms with Gasteiger partial charge in [0.05, 0.1) is 40.6 Å². The van der Waals surface area contributed by atoms with Crippen molar-refractivity contribution >= 4 is 45.0 Å². The number of H-pyrrole nitrogens is 1. The van der Waals surface area contributed by atoms with Crippen LogP contribution in [0.1, 0.15) is 30.3 Å². The van der Waals surface area contributed by atoms with E-state index in [1.165, 1.54) is 28.1 Å². The molecular formula is C24H17BrClFN8O3. The van der Waals surface area contributed by atoms with Gasteiger partial charge in [0, 0.05) is 34.1 Å². The van der Waals surface area contributed by atoms with Crippen LogP contribution in [-0.2, 0) is 9.59 Å². The van der Waals surface area contributed by atoms with E-state index in [0.717, 1.165) is 10.0 Å². The lowest BCUT2D eigenvalue weighted by Gasteiger charge is -2.34. The van der Waals surface area contributed by atoms with Crippen molar-refractivity contribution in [2.24, 2.45) is 5.92 Å². The van der Waals surface area contributed by atoms with Crippen molar-refractivity contribution in [3.63, 3.8) is 0 Å². The quantitative estimate of drug-likeness (QED) is 0.352. The van der Waals surface area contributed by atoms with Gasteiger partial charge in [0.25, 0.3) is 0 Å². The highest BCUT2D eigenvalue weighted by Crippen LogP contribution is 2.47. The van der Waals surface area contributed by atoms with E-state index in [2.05, 4.69) is 46.4 Å². The lowest BCUT2D eigenvalue weighted by Crippen LogP contribution is -2.43. The molecular weight excluding hydrogens is 583 g/mol. The second kappa shape index (κ2) is 9.40. The fourth-order valence-electron chi connectivity index (χ4n) is 5.23. The van der Waals surface area contributed by atoms with Crippen LogP contribution in [0.25, 0.3) is 22.5 Å². The molecule has 38 heavy (non-hydrogen) atoms. The molecule has 6 rings (SSSR count). The van der Waals surface area contributed by atoms with Crippen LogP contribution in [0.5, 0.6) is 0 Å². The molecule has 11 nitrogen and oxygen atoms in total. The first-order chi connectivity index (χ1) is 18.3. The topological polar surface area (TPSA) is 143 Å². The van der Waals surface area contributed by atoms with Gasteiger partial charge in [-0.3, -0.25) is 14.6 Å². The highest BCUT2D eigenvalue weighted by molar-refractivity contribution is 9.10. The number of imidazole rings is 1. The number of carboxylic acid groups (broad SMARTS) is 1. The van der Waals surface area contributed by atoms with Crippen LogP contribution in [0, 0.1) is 11.7 Å². The predicted octanol–water partition coefficient (Wildman–Crippen LogP) is 3.83. The maximum absolute atomic E-state index is 15.4. The molecule has 2 unspecified atom stereocenters. The maximum Gasteiger partial charge on any atom is 0.308 e. The zero-order chi connectivity index (χ0) is 26.6. The number of carbonyl (C=O) groups is 2. The number of aromatic amines is 1. The van der Waals surface area contributed by atoms with Gasteiger partial charge in [-0.15, -0.1) is 5.10 Å². The van der Waals surface area contributed by atoms with E-state index in [1.807, 2.05) is 6.07 Å². The molecule has 3 atom stereocenters. The maximum atomic E-state index is 15.4. The molecule has 1 aromatic carbocycles. The van der Waals surface area contributed by atoms with Crippen molar-refractivity contribution in [3.8, 4) is 16.9 Å². The van der Waals surface area contributed by atoms with Gasteiger partial charge in [0.15, 0.2) is 5.82 Å². The number of nitrogens with one attached hydrogen (secondary N) is 1. The van der Waals surface area contributed by atoms with Crippen molar-refractivity contribution in [1.82, 2.24) is 40.1 Å². The minimum atomic E-state index is -1.05. The third-order valence-corrected chi connectivity index (χ3v) is 7.82. The monoisotopic (exact) mass is 598 g/mol. The van der Waals surface area contributed by atoms with Crippen molar-refractivity contribution in [3.05, 3.63) is 75.9 Å². The Labute approximate surface area is 227 Å². The highest BCUT2D eigenvalue weighted by Gasteiger charge is 2.50. The summed E-state index contributed by atoms with van der Waals surface area (Å²) >= 11 is 9.55. The number of pyridine rings is 1. The Morgan fingerprint density at radius 1 is 1.26 bits per heavy atom. The molecule has 5 heterocycles. The highest BCUT2D eigenvalue weighted by atomic mass is 79.9. The Hall–Kier alpha value is -3.97. The molecule has 0 aliphatic carbocycles. The number of halogens is 3. The molecule has 3 aromatic heterocycles. The third-order valence-electron chi connectivity index (χ3n) is 6.90. The van der Waals surface area contributed by atoms with Crippen molar-refractivity contribution in [1.29, 1.82) is 0 Å². The van der Waals surface area contributed by atoms with Gasteiger partial charge in [0.2, 0.25) is 5.91 Å². The van der Waals surface area contributed by atoms with E-state index >= 15 is 4.39 Å². The molecule has 2 N–H and O–H groups in total. The number of tetrazole rings is 1. The van der Waals surface area contributed by atoms with E-state index in [1.54, 1.807) is 24.7 Å². The number of nitrogens with zero attached hydrogens (tertiary/aromatic N) is 7. The average Bonchev–Trinajstić information content (AvgIpc) is 3.65. The molecule has 0 bridgehead atoms. The molecule has 1 fully saturated rings. The number of rotatable bonds is 5. The number of carbonyl (C=O) groups excluding carboxylic acids is 1. The number of hydrogen-bond acceptors (Lipinski definition) is 7. The smallest absolute Gasteiger partial charge is 0.308 e. The van der Waals surface area contributed by atoms with E-state index in [9.17, 15) is 14.7 Å². The van der Waals surface area contributed by atoms with Crippen LogP contribution in [0.2, 0.25) is 5.02 Å². The number of benzene rings is 1. The van der Waals surface area contributed by atoms with Crippen LogP contribution in [-0.4, -0.2) is 63.1 Å². The Morgan fingerprint density at radius 2 is 2.11 bits per heavy atom. The van der Waals surface area contributed by atoms with Gasteiger partial charge in [0.1, 0.15) is 12.2 Å². The van der Waals surface area contributed by atoms with E-state index in [0.29, 0.717) is 17.1 Å². The Kier molecular flexibility index (Phi) is 6.03. The SMILES string of the molecule is O=C(O)C1C[C@@H](c2ncc(-c3ccncc3Br)[nH]2)N2C(=O)C=C(c3c(-n4cnnn4)ccc(Cl)c3F)CC12. The first-order valence-electron chi connectivity index (χ1n) is 11.5. The van der Waals surface area contributed by atoms with Crippen LogP contribution in [0.3, 0.4) is 0 Å². The molecule has 192 valence electrons. The van der Waals surface area contributed by atoms with Crippen molar-refractivity contribution in [2.75, 3.05) is 0 Å². The molecule has 0 spiro atoms. The summed E-state index contributed by atoms with van der Waals surface area (Å²) in [6, 6.07) is 3.38. The summed E-state index contributed by atoms with van der Waals surface area (Å²) in [5, 5.41) is 21.0. The summed E-state index contributed by atoms with van der Waals surface area (Å²) in [5.74, 6) is -2.67. The number of amides is 1. The van der Waals surface area contributed by atoms with Gasteiger partial charge >= 0.3 is 5.97 Å². The molecule has 2 aliphatic rings. The van der Waals surface area contributed by atoms with Gasteiger partial charge < -0.3 is 15.0 Å². The fraction of sp³-hybridized carbons (Fsp3) is 0.208. The lowest BCUT2D eigenvalue weighted by molar-refractivity contribution is -0.143. The van der Waals surface area contributed by atoms with Crippen LogP contribution >= 0.6 is 27.5 Å². The summed E-state index contributed by atoms with van der Waals surface area (Å²) < 4.78 is 17.4. The largest absolute Gasteiger partial charge is 0.481 e. The van der Waals surface area contributed by atoms with Gasteiger partial charge in [-0.25, -0.2) is 9.37 Å². The number of fused-ring (bicyclic) bond motifs is 1. The molecule has 0 radical (unpaired) electrons. The molecule has 4 aromatic rings. The Balaban J connectivity index is 1.41. The summed E-state index contributed by atoms with van der Waals surface area (Å²) in [7, 11) is 0. The second-order valence-corrected chi connectivity index (χ2v) is 10.2. The van der Waals surface area contributed by atoms with Crippen LogP contribution in [0.15, 0.2) is 53.7 Å². The van der Waals surface area contributed by atoms with Gasteiger partial charge in [-0.2, -0.15) is 4.68 Å². The second-order valence-electron chi connectivity index (χ2n) is 8.93. The number of hydrogen-bond donors (Lipinski definition) is 2. The normalized spacial score (nSPS) is 20.9. The molecule has 0 saturated carbocycles. The van der Waals surface area contributed by atoms with Crippen LogP contribution < -0.4 is 0 Å². The van der Waals surface area contributed by atoms with Crippen LogP contribution in [0.4, 0.5) is 4.39 Å². The molecule has 1 amide bonds. The summed E-state index contributed by atoms with van der Waals surface area (Å²) in [6.07, 6.45) is 7.79. The number of aliphatic carboxylic acids is 1. The Morgan fingerprint density at radius 3 is 2.84 bits per heavy atom. The summed E-state index contributed by atoms with van der Waals surface area (Å²) in [4.78, 5) is 39.1. The fourth-order valence-corrected chi connectivity index (χ4v) is 5.85.